The summed E-state index contributed by atoms with van der Waals surface area (Å²) in [4.78, 5) is 15.5. The van der Waals surface area contributed by atoms with E-state index in [1.165, 1.54) is 6.08 Å². The zero-order chi connectivity index (χ0) is 24.8. The van der Waals surface area contributed by atoms with Gasteiger partial charge in [-0.15, -0.1) is 0 Å². The van der Waals surface area contributed by atoms with Gasteiger partial charge in [0.2, 0.25) is 0 Å². The molecule has 1 heterocycles. The number of aromatic nitrogens is 1. The van der Waals surface area contributed by atoms with Gasteiger partial charge >= 0.3 is 0 Å². The molecule has 1 aromatic heterocycles. The first-order chi connectivity index (χ1) is 15.9. The summed E-state index contributed by atoms with van der Waals surface area (Å²) >= 11 is 0. The number of allylic oxidation sites excluding steroid dienone is 1. The number of aromatic amines is 1. The van der Waals surface area contributed by atoms with Crippen molar-refractivity contribution in [3.8, 4) is 11.1 Å². The third-order valence-electron chi connectivity index (χ3n) is 5.92. The molecule has 0 aliphatic rings. The van der Waals surface area contributed by atoms with Crippen LogP contribution < -0.4 is 10.5 Å². The Hall–Kier alpha value is -3.62. The summed E-state index contributed by atoms with van der Waals surface area (Å²) in [6.07, 6.45) is 1.46. The van der Waals surface area contributed by atoms with E-state index in [2.05, 4.69) is 9.71 Å². The van der Waals surface area contributed by atoms with Crippen LogP contribution in [0.3, 0.4) is 0 Å². The van der Waals surface area contributed by atoms with Gasteiger partial charge in [-0.3, -0.25) is 9.52 Å². The largest absolute Gasteiger partial charge is 0.386 e. The number of rotatable bonds is 6. The van der Waals surface area contributed by atoms with Crippen LogP contribution in [0.25, 0.3) is 32.9 Å². The summed E-state index contributed by atoms with van der Waals surface area (Å²) in [5.41, 5.74) is 9.90. The summed E-state index contributed by atoms with van der Waals surface area (Å²) in [5, 5.41) is 13.2. The molecule has 0 unspecified atom stereocenters. The van der Waals surface area contributed by atoms with Crippen molar-refractivity contribution in [2.24, 2.45) is 5.73 Å². The average Bonchev–Trinajstić information content (AvgIpc) is 3.12. The second kappa shape index (κ2) is 8.30. The van der Waals surface area contributed by atoms with Gasteiger partial charge in [-0.1, -0.05) is 36.4 Å². The summed E-state index contributed by atoms with van der Waals surface area (Å²) < 4.78 is 27.2. The smallest absolute Gasteiger partial charge is 0.254 e. The molecular formula is C26H27N3O4S. The molecule has 0 saturated carbocycles. The first-order valence-electron chi connectivity index (χ1n) is 10.8. The van der Waals surface area contributed by atoms with Gasteiger partial charge in [0, 0.05) is 21.7 Å². The van der Waals surface area contributed by atoms with E-state index in [-0.39, 0.29) is 0 Å². The molecule has 4 aromatic rings. The number of amides is 1. The number of anilines is 1. The lowest BCUT2D eigenvalue weighted by atomic mass is 9.92. The van der Waals surface area contributed by atoms with Crippen molar-refractivity contribution in [2.75, 3.05) is 4.72 Å². The highest BCUT2D eigenvalue weighted by Crippen LogP contribution is 2.40. The van der Waals surface area contributed by atoms with Crippen LogP contribution in [0.5, 0.6) is 0 Å². The van der Waals surface area contributed by atoms with Crippen molar-refractivity contribution in [2.45, 2.75) is 33.3 Å². The van der Waals surface area contributed by atoms with Crippen LogP contribution in [0, 0.1) is 6.92 Å². The van der Waals surface area contributed by atoms with E-state index in [9.17, 15) is 18.3 Å². The molecule has 34 heavy (non-hydrogen) atoms. The van der Waals surface area contributed by atoms with Crippen molar-refractivity contribution in [1.29, 1.82) is 0 Å². The number of nitrogens with one attached hydrogen (secondary N) is 2. The molecule has 0 aliphatic carbocycles. The van der Waals surface area contributed by atoms with Crippen molar-refractivity contribution in [3.05, 3.63) is 76.7 Å². The highest BCUT2D eigenvalue weighted by atomic mass is 32.2. The molecule has 3 aromatic carbocycles. The van der Waals surface area contributed by atoms with Crippen LogP contribution >= 0.6 is 0 Å². The van der Waals surface area contributed by atoms with Gasteiger partial charge in [0.05, 0.1) is 22.4 Å². The Morgan fingerprint density at radius 3 is 2.50 bits per heavy atom. The summed E-state index contributed by atoms with van der Waals surface area (Å²) in [7, 11) is -3.63. The normalized spacial score (nSPS) is 12.6. The molecule has 0 spiro atoms. The minimum absolute atomic E-state index is 0.349. The number of fused-ring (bicyclic) bond motifs is 3. The number of carbonyl (C=O) groups is 1. The van der Waals surface area contributed by atoms with Crippen LogP contribution in [0.15, 0.2) is 60.0 Å². The SMILES string of the molecule is CC=CS(=O)(=O)Nc1cccc(-c2ccc(C(N)=O)c3[nH]c4cc(C(C)(C)O)ccc4c23)c1C. The summed E-state index contributed by atoms with van der Waals surface area (Å²) in [6, 6.07) is 14.5. The molecule has 7 nitrogen and oxygen atoms in total. The number of primary amides is 1. The number of benzene rings is 3. The first-order valence-corrected chi connectivity index (χ1v) is 12.3. The molecule has 4 rings (SSSR count). The topological polar surface area (TPSA) is 125 Å². The lowest BCUT2D eigenvalue weighted by Crippen LogP contribution is -2.14. The van der Waals surface area contributed by atoms with Crippen LogP contribution in [0.2, 0.25) is 0 Å². The van der Waals surface area contributed by atoms with E-state index in [1.807, 2.05) is 37.3 Å². The van der Waals surface area contributed by atoms with Crippen LogP contribution in [-0.2, 0) is 15.6 Å². The average molecular weight is 478 g/mol. The van der Waals surface area contributed by atoms with Crippen LogP contribution in [0.1, 0.15) is 42.3 Å². The molecule has 0 radical (unpaired) electrons. The van der Waals surface area contributed by atoms with Gasteiger partial charge in [-0.05, 0) is 68.1 Å². The van der Waals surface area contributed by atoms with Gasteiger partial charge < -0.3 is 15.8 Å². The van der Waals surface area contributed by atoms with Crippen LogP contribution in [-0.4, -0.2) is 24.4 Å². The van der Waals surface area contributed by atoms with E-state index in [4.69, 9.17) is 5.73 Å². The fourth-order valence-corrected chi connectivity index (χ4v) is 5.18. The molecule has 1 amide bonds. The second-order valence-electron chi connectivity index (χ2n) is 8.81. The van der Waals surface area contributed by atoms with Gasteiger partial charge in [-0.25, -0.2) is 8.42 Å². The molecule has 0 atom stereocenters. The fourth-order valence-electron chi connectivity index (χ4n) is 4.23. The Bertz CT molecular complexity index is 1580. The van der Waals surface area contributed by atoms with E-state index in [0.29, 0.717) is 16.8 Å². The monoisotopic (exact) mass is 477 g/mol. The van der Waals surface area contributed by atoms with Gasteiger partial charge in [0.1, 0.15) is 0 Å². The standard InChI is InChI=1S/C26H27N3O4S/c1-5-13-34(32,33)29-21-8-6-7-17(15(21)2)18-11-12-20(25(27)30)24-23(18)19-10-9-16(26(3,4)31)14-22(19)28-24/h5-14,28-29,31H,1-4H3,(H2,27,30). The molecule has 0 aliphatic heterocycles. The van der Waals surface area contributed by atoms with E-state index in [1.54, 1.807) is 39.0 Å². The molecule has 5 N–H and O–H groups in total. The Labute approximate surface area is 198 Å². The lowest BCUT2D eigenvalue weighted by molar-refractivity contribution is 0.0787. The van der Waals surface area contributed by atoms with Crippen molar-refractivity contribution >= 4 is 43.4 Å². The van der Waals surface area contributed by atoms with E-state index < -0.39 is 21.5 Å². The maximum Gasteiger partial charge on any atom is 0.254 e. The Morgan fingerprint density at radius 2 is 1.85 bits per heavy atom. The number of hydrogen-bond donors (Lipinski definition) is 4. The number of nitrogens with two attached hydrogens (primary N) is 1. The van der Waals surface area contributed by atoms with E-state index in [0.717, 1.165) is 44.0 Å². The number of hydrogen-bond acceptors (Lipinski definition) is 4. The fraction of sp³-hybridized carbons (Fsp3) is 0.192. The zero-order valence-corrected chi connectivity index (χ0v) is 20.2. The Kier molecular flexibility index (Phi) is 5.75. The molecule has 0 bridgehead atoms. The maximum atomic E-state index is 12.3. The number of H-pyrrole nitrogens is 1. The predicted molar refractivity (Wildman–Crippen MR) is 137 cm³/mol. The zero-order valence-electron chi connectivity index (χ0n) is 19.4. The summed E-state index contributed by atoms with van der Waals surface area (Å²) in [5.74, 6) is -0.560. The van der Waals surface area contributed by atoms with Gasteiger partial charge in [-0.2, -0.15) is 0 Å². The van der Waals surface area contributed by atoms with Crippen molar-refractivity contribution < 1.29 is 18.3 Å². The predicted octanol–water partition coefficient (Wildman–Crippen LogP) is 4.90. The minimum atomic E-state index is -3.63. The van der Waals surface area contributed by atoms with Gasteiger partial charge in [0.15, 0.2) is 0 Å². The Morgan fingerprint density at radius 1 is 1.12 bits per heavy atom. The number of carbonyl (C=O) groups excluding carboxylic acids is 1. The molecule has 0 saturated heterocycles. The molecular weight excluding hydrogens is 450 g/mol. The van der Waals surface area contributed by atoms with Crippen molar-refractivity contribution in [1.82, 2.24) is 4.98 Å². The van der Waals surface area contributed by atoms with Crippen molar-refractivity contribution in [3.63, 3.8) is 0 Å². The highest BCUT2D eigenvalue weighted by molar-refractivity contribution is 7.95. The Balaban J connectivity index is 2.01. The first kappa shape index (κ1) is 23.5. The van der Waals surface area contributed by atoms with Crippen LogP contribution in [0.4, 0.5) is 5.69 Å². The molecule has 176 valence electrons. The highest BCUT2D eigenvalue weighted by Gasteiger charge is 2.21. The lowest BCUT2D eigenvalue weighted by Gasteiger charge is -2.17. The van der Waals surface area contributed by atoms with Gasteiger partial charge in [0.25, 0.3) is 15.9 Å². The molecule has 0 fully saturated rings. The number of sulfonamides is 1. The quantitative estimate of drug-likeness (QED) is 0.315. The second-order valence-corrected chi connectivity index (χ2v) is 10.4. The third kappa shape index (κ3) is 4.18. The molecule has 8 heteroatoms. The minimum Gasteiger partial charge on any atom is -0.386 e. The third-order valence-corrected chi connectivity index (χ3v) is 7.05. The van der Waals surface area contributed by atoms with E-state index >= 15 is 0 Å². The summed E-state index contributed by atoms with van der Waals surface area (Å²) in [6.45, 7) is 6.90. The maximum absolute atomic E-state index is 12.3. The number of aliphatic hydroxyl groups is 1.